The van der Waals surface area contributed by atoms with Gasteiger partial charge in [-0.05, 0) is 62.4 Å². The molecule has 2 aromatic carbocycles. The highest BCUT2D eigenvalue weighted by Crippen LogP contribution is 2.34. The summed E-state index contributed by atoms with van der Waals surface area (Å²) in [4.78, 5) is 25.4. The van der Waals surface area contributed by atoms with Crippen molar-refractivity contribution in [3.8, 4) is 11.1 Å². The van der Waals surface area contributed by atoms with Crippen LogP contribution in [0.5, 0.6) is 0 Å². The number of carbonyl (C=O) groups is 2. The van der Waals surface area contributed by atoms with Crippen molar-refractivity contribution >= 4 is 12.1 Å². The molecule has 1 unspecified atom stereocenters. The minimum Gasteiger partial charge on any atom is -0.478 e. The maximum Gasteiger partial charge on any atom is 0.410 e. The fourth-order valence-corrected chi connectivity index (χ4v) is 3.38. The lowest BCUT2D eigenvalue weighted by molar-refractivity contribution is 0.0224. The second-order valence-electron chi connectivity index (χ2n) is 7.84. The Morgan fingerprint density at radius 3 is 2.41 bits per heavy atom. The van der Waals surface area contributed by atoms with Crippen LogP contribution in [0.25, 0.3) is 11.1 Å². The van der Waals surface area contributed by atoms with Crippen molar-refractivity contribution in [3.05, 3.63) is 59.7 Å². The molecule has 0 saturated carbocycles. The molecular weight excluding hydrogens is 342 g/mol. The van der Waals surface area contributed by atoms with E-state index >= 15 is 0 Å². The highest BCUT2D eigenvalue weighted by Gasteiger charge is 2.33. The summed E-state index contributed by atoms with van der Waals surface area (Å²) in [5.74, 6) is -0.938. The van der Waals surface area contributed by atoms with Gasteiger partial charge < -0.3 is 14.7 Å². The van der Waals surface area contributed by atoms with E-state index in [9.17, 15) is 9.59 Å². The first-order valence-electron chi connectivity index (χ1n) is 9.18. The molecule has 2 aromatic rings. The number of nitrogens with zero attached hydrogens (tertiary/aromatic N) is 1. The Kier molecular flexibility index (Phi) is 5.22. The standard InChI is InChI=1S/C22H25NO4/c1-22(2,3)27-21(26)23-13-5-8-19(23)16-11-9-15(10-12-16)17-6-4-7-18(14-17)20(24)25/h4,6-7,9-12,14,19H,5,8,13H2,1-3H3,(H,24,25). The van der Waals surface area contributed by atoms with Gasteiger partial charge in [-0.3, -0.25) is 0 Å². The molecule has 0 spiro atoms. The highest BCUT2D eigenvalue weighted by molar-refractivity contribution is 5.89. The number of carbonyl (C=O) groups excluding carboxylic acids is 1. The zero-order chi connectivity index (χ0) is 19.6. The minimum absolute atomic E-state index is 0.0132. The predicted octanol–water partition coefficient (Wildman–Crippen LogP) is 5.12. The van der Waals surface area contributed by atoms with Crippen LogP contribution < -0.4 is 0 Å². The third-order valence-corrected chi connectivity index (χ3v) is 4.62. The van der Waals surface area contributed by atoms with Crippen molar-refractivity contribution in [2.45, 2.75) is 45.3 Å². The molecule has 5 nitrogen and oxygen atoms in total. The van der Waals surface area contributed by atoms with Crippen molar-refractivity contribution in [3.63, 3.8) is 0 Å². The summed E-state index contributed by atoms with van der Waals surface area (Å²) >= 11 is 0. The predicted molar refractivity (Wildman–Crippen MR) is 104 cm³/mol. The largest absolute Gasteiger partial charge is 0.478 e. The number of amides is 1. The van der Waals surface area contributed by atoms with E-state index in [1.54, 1.807) is 23.1 Å². The summed E-state index contributed by atoms with van der Waals surface area (Å²) in [5, 5.41) is 9.16. The van der Waals surface area contributed by atoms with Gasteiger partial charge in [0.15, 0.2) is 0 Å². The number of benzene rings is 2. The third kappa shape index (κ3) is 4.48. The molecule has 1 atom stereocenters. The van der Waals surface area contributed by atoms with Crippen LogP contribution in [0.15, 0.2) is 48.5 Å². The van der Waals surface area contributed by atoms with Gasteiger partial charge in [-0.15, -0.1) is 0 Å². The topological polar surface area (TPSA) is 66.8 Å². The van der Waals surface area contributed by atoms with Crippen molar-refractivity contribution in [1.82, 2.24) is 4.90 Å². The summed E-state index contributed by atoms with van der Waals surface area (Å²) in [6.45, 7) is 6.31. The molecule has 1 aliphatic heterocycles. The fourth-order valence-electron chi connectivity index (χ4n) is 3.38. The van der Waals surface area contributed by atoms with Crippen LogP contribution in [0.1, 0.15) is 55.6 Å². The normalized spacial score (nSPS) is 17.0. The first-order chi connectivity index (χ1) is 12.7. The molecule has 0 radical (unpaired) electrons. The van der Waals surface area contributed by atoms with Crippen LogP contribution in [0.2, 0.25) is 0 Å². The Balaban J connectivity index is 1.79. The highest BCUT2D eigenvalue weighted by atomic mass is 16.6. The van der Waals surface area contributed by atoms with Gasteiger partial charge in [-0.1, -0.05) is 36.4 Å². The van der Waals surface area contributed by atoms with Gasteiger partial charge in [-0.25, -0.2) is 9.59 Å². The molecular formula is C22H25NO4. The van der Waals surface area contributed by atoms with Crippen molar-refractivity contribution < 1.29 is 19.4 Å². The van der Waals surface area contributed by atoms with Crippen molar-refractivity contribution in [2.75, 3.05) is 6.54 Å². The monoisotopic (exact) mass is 367 g/mol. The molecule has 1 heterocycles. The Morgan fingerprint density at radius 1 is 1.07 bits per heavy atom. The molecule has 5 heteroatoms. The summed E-state index contributed by atoms with van der Waals surface area (Å²) in [5.41, 5.74) is 2.63. The van der Waals surface area contributed by atoms with E-state index in [-0.39, 0.29) is 17.7 Å². The maximum absolute atomic E-state index is 12.5. The lowest BCUT2D eigenvalue weighted by Crippen LogP contribution is -2.36. The first-order valence-corrected chi connectivity index (χ1v) is 9.18. The molecule has 1 fully saturated rings. The third-order valence-electron chi connectivity index (χ3n) is 4.62. The molecule has 3 rings (SSSR count). The van der Waals surface area contributed by atoms with Gasteiger partial charge >= 0.3 is 12.1 Å². The molecule has 0 aromatic heterocycles. The maximum atomic E-state index is 12.5. The van der Waals surface area contributed by atoms with Crippen molar-refractivity contribution in [2.24, 2.45) is 0 Å². The van der Waals surface area contributed by atoms with E-state index in [0.717, 1.165) is 29.5 Å². The van der Waals surface area contributed by atoms with Gasteiger partial charge in [-0.2, -0.15) is 0 Å². The number of aromatic carboxylic acids is 1. The molecule has 142 valence electrons. The number of carboxylic acids is 1. The number of carboxylic acid groups (broad SMARTS) is 1. The fraction of sp³-hybridized carbons (Fsp3) is 0.364. The van der Waals surface area contributed by atoms with Crippen LogP contribution in [0.4, 0.5) is 4.79 Å². The molecule has 1 saturated heterocycles. The lowest BCUT2D eigenvalue weighted by atomic mass is 9.98. The van der Waals surface area contributed by atoms with E-state index in [1.165, 1.54) is 0 Å². The summed E-state index contributed by atoms with van der Waals surface area (Å²) in [7, 11) is 0. The van der Waals surface area contributed by atoms with Crippen LogP contribution in [0.3, 0.4) is 0 Å². The molecule has 1 amide bonds. The second-order valence-corrected chi connectivity index (χ2v) is 7.84. The molecule has 1 aliphatic rings. The van der Waals surface area contributed by atoms with Crippen LogP contribution >= 0.6 is 0 Å². The second kappa shape index (κ2) is 7.43. The van der Waals surface area contributed by atoms with Gasteiger partial charge in [0.05, 0.1) is 11.6 Å². The average molecular weight is 367 g/mol. The zero-order valence-corrected chi connectivity index (χ0v) is 15.9. The molecule has 0 aliphatic carbocycles. The smallest absolute Gasteiger partial charge is 0.410 e. The van der Waals surface area contributed by atoms with E-state index in [2.05, 4.69) is 0 Å². The van der Waals surface area contributed by atoms with Crippen LogP contribution in [-0.4, -0.2) is 34.2 Å². The average Bonchev–Trinajstić information content (AvgIpc) is 3.10. The first kappa shape index (κ1) is 19.0. The number of likely N-dealkylation sites (tertiary alicyclic amines) is 1. The Morgan fingerprint density at radius 2 is 1.78 bits per heavy atom. The summed E-state index contributed by atoms with van der Waals surface area (Å²) in [6, 6.07) is 14.9. The van der Waals surface area contributed by atoms with E-state index in [0.29, 0.717) is 6.54 Å². The van der Waals surface area contributed by atoms with Crippen molar-refractivity contribution in [1.29, 1.82) is 0 Å². The van der Waals surface area contributed by atoms with E-state index in [4.69, 9.17) is 9.84 Å². The Labute approximate surface area is 159 Å². The van der Waals surface area contributed by atoms with E-state index in [1.807, 2.05) is 51.1 Å². The van der Waals surface area contributed by atoms with Gasteiger partial charge in [0, 0.05) is 6.54 Å². The molecule has 1 N–H and O–H groups in total. The number of rotatable bonds is 3. The van der Waals surface area contributed by atoms with Gasteiger partial charge in [0.25, 0.3) is 0 Å². The quantitative estimate of drug-likeness (QED) is 0.817. The zero-order valence-electron chi connectivity index (χ0n) is 15.9. The molecule has 27 heavy (non-hydrogen) atoms. The van der Waals surface area contributed by atoms with Crippen LogP contribution in [0, 0.1) is 0 Å². The van der Waals surface area contributed by atoms with Crippen LogP contribution in [-0.2, 0) is 4.74 Å². The number of ether oxygens (including phenoxy) is 1. The SMILES string of the molecule is CC(C)(C)OC(=O)N1CCCC1c1ccc(-c2cccc(C(=O)O)c2)cc1. The number of hydrogen-bond acceptors (Lipinski definition) is 3. The van der Waals surface area contributed by atoms with Gasteiger partial charge in [0.2, 0.25) is 0 Å². The summed E-state index contributed by atoms with van der Waals surface area (Å²) < 4.78 is 5.53. The Hall–Kier alpha value is -2.82. The Bertz CT molecular complexity index is 836. The lowest BCUT2D eigenvalue weighted by Gasteiger charge is -2.29. The van der Waals surface area contributed by atoms with Gasteiger partial charge in [0.1, 0.15) is 5.60 Å². The molecule has 0 bridgehead atoms. The summed E-state index contributed by atoms with van der Waals surface area (Å²) in [6.07, 6.45) is 1.59. The minimum atomic E-state index is -0.938. The number of hydrogen-bond donors (Lipinski definition) is 1. The van der Waals surface area contributed by atoms with E-state index < -0.39 is 11.6 Å².